The molecule has 4 unspecified atom stereocenters. The number of aliphatic hydroxyl groups excluding tert-OH is 1. The summed E-state index contributed by atoms with van der Waals surface area (Å²) in [5, 5.41) is 9.91. The first-order valence-corrected chi connectivity index (χ1v) is 7.06. The Morgan fingerprint density at radius 2 is 2.06 bits per heavy atom. The summed E-state index contributed by atoms with van der Waals surface area (Å²) in [7, 11) is 0. The van der Waals surface area contributed by atoms with Gasteiger partial charge in [-0.25, -0.2) is 0 Å². The Kier molecular flexibility index (Phi) is 3.18. The van der Waals surface area contributed by atoms with Crippen molar-refractivity contribution in [2.75, 3.05) is 6.61 Å². The third kappa shape index (κ3) is 1.97. The van der Waals surface area contributed by atoms with E-state index < -0.39 is 0 Å². The van der Waals surface area contributed by atoms with Crippen LogP contribution in [0.2, 0.25) is 0 Å². The van der Waals surface area contributed by atoms with Crippen molar-refractivity contribution in [2.45, 2.75) is 53.4 Å². The van der Waals surface area contributed by atoms with E-state index in [4.69, 9.17) is 0 Å². The molecule has 2 bridgehead atoms. The maximum Gasteiger partial charge on any atom is 0.0490 e. The summed E-state index contributed by atoms with van der Waals surface area (Å²) in [6.45, 7) is 13.6. The van der Waals surface area contributed by atoms with E-state index in [1.165, 1.54) is 24.8 Å². The fourth-order valence-corrected chi connectivity index (χ4v) is 5.28. The minimum Gasteiger partial charge on any atom is -0.396 e. The van der Waals surface area contributed by atoms with Crippen LogP contribution in [0.1, 0.15) is 53.4 Å². The maximum atomic E-state index is 9.91. The molecule has 2 aliphatic carbocycles. The first-order valence-electron chi connectivity index (χ1n) is 7.06. The third-order valence-electron chi connectivity index (χ3n) is 5.62. The summed E-state index contributed by atoms with van der Waals surface area (Å²) in [5.74, 6) is 2.38. The Morgan fingerprint density at radius 1 is 1.41 bits per heavy atom. The molecule has 98 valence electrons. The smallest absolute Gasteiger partial charge is 0.0490 e. The van der Waals surface area contributed by atoms with Crippen molar-refractivity contribution >= 4 is 0 Å². The van der Waals surface area contributed by atoms with Crippen LogP contribution in [0.5, 0.6) is 0 Å². The number of aliphatic hydroxyl groups is 1. The van der Waals surface area contributed by atoms with Crippen LogP contribution in [0, 0.1) is 28.6 Å². The van der Waals surface area contributed by atoms with Crippen molar-refractivity contribution < 1.29 is 5.11 Å². The molecule has 17 heavy (non-hydrogen) atoms. The van der Waals surface area contributed by atoms with Gasteiger partial charge in [0, 0.05) is 6.61 Å². The molecule has 0 saturated heterocycles. The molecule has 0 heterocycles. The van der Waals surface area contributed by atoms with Crippen molar-refractivity contribution in [3.05, 3.63) is 12.2 Å². The average Bonchev–Trinajstić information content (AvgIpc) is 2.73. The zero-order valence-corrected chi connectivity index (χ0v) is 11.9. The molecule has 1 heteroatoms. The molecule has 2 aliphatic rings. The molecule has 2 saturated carbocycles. The van der Waals surface area contributed by atoms with E-state index in [0.29, 0.717) is 17.9 Å². The molecule has 0 amide bonds. The van der Waals surface area contributed by atoms with Gasteiger partial charge in [-0.1, -0.05) is 26.3 Å². The Bertz CT molecular complexity index is 317. The van der Waals surface area contributed by atoms with Crippen molar-refractivity contribution in [2.24, 2.45) is 28.6 Å². The van der Waals surface area contributed by atoms with E-state index in [1.54, 1.807) is 0 Å². The Hall–Kier alpha value is -0.300. The highest BCUT2D eigenvalue weighted by molar-refractivity contribution is 5.10. The van der Waals surface area contributed by atoms with Gasteiger partial charge in [-0.3, -0.25) is 0 Å². The lowest BCUT2D eigenvalue weighted by Crippen LogP contribution is -2.44. The first kappa shape index (κ1) is 13.1. The van der Waals surface area contributed by atoms with Crippen molar-refractivity contribution in [1.29, 1.82) is 0 Å². The lowest BCUT2D eigenvalue weighted by molar-refractivity contribution is -0.0265. The summed E-state index contributed by atoms with van der Waals surface area (Å²) < 4.78 is 0. The molecular formula is C16H28O. The zero-order valence-electron chi connectivity index (χ0n) is 11.9. The topological polar surface area (TPSA) is 20.2 Å². The van der Waals surface area contributed by atoms with Crippen LogP contribution in [-0.4, -0.2) is 11.7 Å². The molecule has 0 radical (unpaired) electrons. The van der Waals surface area contributed by atoms with Crippen LogP contribution >= 0.6 is 0 Å². The second-order valence-corrected chi connectivity index (χ2v) is 7.52. The fraction of sp³-hybridized carbons (Fsp3) is 0.875. The quantitative estimate of drug-likeness (QED) is 0.731. The molecule has 1 nitrogen and oxygen atoms in total. The highest BCUT2D eigenvalue weighted by atomic mass is 16.3. The van der Waals surface area contributed by atoms with Gasteiger partial charge < -0.3 is 5.11 Å². The molecule has 2 fully saturated rings. The van der Waals surface area contributed by atoms with Gasteiger partial charge in [0.1, 0.15) is 0 Å². The van der Waals surface area contributed by atoms with Crippen LogP contribution in [0.25, 0.3) is 0 Å². The van der Waals surface area contributed by atoms with Gasteiger partial charge in [0.25, 0.3) is 0 Å². The molecular weight excluding hydrogens is 208 g/mol. The lowest BCUT2D eigenvalue weighted by Gasteiger charge is -2.48. The van der Waals surface area contributed by atoms with Gasteiger partial charge in [-0.15, -0.1) is 6.58 Å². The molecule has 0 aliphatic heterocycles. The summed E-state index contributed by atoms with van der Waals surface area (Å²) in [6.07, 6.45) is 5.15. The molecule has 4 atom stereocenters. The standard InChI is InChI=1S/C16H28O/c1-11(2)9-16(5,10-17)14-12-6-7-13(8-12)15(14,3)4/h12-14,17H,1,6-10H2,2-5H3. The second-order valence-electron chi connectivity index (χ2n) is 7.52. The highest BCUT2D eigenvalue weighted by Gasteiger charge is 2.58. The number of rotatable bonds is 4. The fourth-order valence-electron chi connectivity index (χ4n) is 5.28. The number of allylic oxidation sites excluding steroid dienone is 1. The van der Waals surface area contributed by atoms with E-state index in [9.17, 15) is 5.11 Å². The molecule has 1 N–H and O–H groups in total. The van der Waals surface area contributed by atoms with Crippen LogP contribution in [0.15, 0.2) is 12.2 Å². The molecule has 0 aromatic carbocycles. The monoisotopic (exact) mass is 236 g/mol. The average molecular weight is 236 g/mol. The van der Waals surface area contributed by atoms with E-state index in [0.717, 1.165) is 18.3 Å². The van der Waals surface area contributed by atoms with Gasteiger partial charge in [0.2, 0.25) is 0 Å². The summed E-state index contributed by atoms with van der Waals surface area (Å²) in [4.78, 5) is 0. The van der Waals surface area contributed by atoms with Crippen LogP contribution in [0.4, 0.5) is 0 Å². The largest absolute Gasteiger partial charge is 0.396 e. The number of hydrogen-bond donors (Lipinski definition) is 1. The predicted molar refractivity (Wildman–Crippen MR) is 72.7 cm³/mol. The van der Waals surface area contributed by atoms with Crippen molar-refractivity contribution in [1.82, 2.24) is 0 Å². The van der Waals surface area contributed by atoms with Gasteiger partial charge in [-0.05, 0) is 61.2 Å². The number of hydrogen-bond acceptors (Lipinski definition) is 1. The van der Waals surface area contributed by atoms with Crippen molar-refractivity contribution in [3.63, 3.8) is 0 Å². The van der Waals surface area contributed by atoms with Gasteiger partial charge in [0.05, 0.1) is 0 Å². The van der Waals surface area contributed by atoms with Crippen LogP contribution in [-0.2, 0) is 0 Å². The lowest BCUT2D eigenvalue weighted by atomic mass is 9.57. The Morgan fingerprint density at radius 3 is 2.47 bits per heavy atom. The molecule has 0 aromatic rings. The molecule has 2 rings (SSSR count). The summed E-state index contributed by atoms with van der Waals surface area (Å²) in [5.41, 5.74) is 1.64. The molecule has 0 aromatic heterocycles. The van der Waals surface area contributed by atoms with Gasteiger partial charge in [0.15, 0.2) is 0 Å². The van der Waals surface area contributed by atoms with Gasteiger partial charge in [-0.2, -0.15) is 0 Å². The predicted octanol–water partition coefficient (Wildman–Crippen LogP) is 4.02. The van der Waals surface area contributed by atoms with E-state index in [2.05, 4.69) is 34.3 Å². The normalized spacial score (nSPS) is 38.1. The first-order chi connectivity index (χ1) is 7.81. The SMILES string of the molecule is C=C(C)CC(C)(CO)C1C2CCC(C2)C1(C)C. The summed E-state index contributed by atoms with van der Waals surface area (Å²) in [6, 6.07) is 0. The van der Waals surface area contributed by atoms with Crippen molar-refractivity contribution in [3.8, 4) is 0 Å². The zero-order chi connectivity index (χ0) is 12.8. The van der Waals surface area contributed by atoms with Gasteiger partial charge >= 0.3 is 0 Å². The Labute approximate surface area is 106 Å². The highest BCUT2D eigenvalue weighted by Crippen LogP contribution is 2.65. The van der Waals surface area contributed by atoms with Crippen LogP contribution < -0.4 is 0 Å². The number of fused-ring (bicyclic) bond motifs is 2. The van der Waals surface area contributed by atoms with E-state index in [-0.39, 0.29) is 5.41 Å². The van der Waals surface area contributed by atoms with E-state index >= 15 is 0 Å². The summed E-state index contributed by atoms with van der Waals surface area (Å²) >= 11 is 0. The second kappa shape index (κ2) is 4.12. The Balaban J connectivity index is 2.28. The maximum absolute atomic E-state index is 9.91. The van der Waals surface area contributed by atoms with Crippen LogP contribution in [0.3, 0.4) is 0 Å². The third-order valence-corrected chi connectivity index (χ3v) is 5.62. The minimum atomic E-state index is 0.0369. The van der Waals surface area contributed by atoms with E-state index in [1.807, 2.05) is 0 Å². The molecule has 0 spiro atoms. The minimum absolute atomic E-state index is 0.0369.